The SMILES string of the molecule is CCCOc1cccc([C@@H]2/C(=C(\O)c3ccc(OC(C)C)cc3)C(=O)C(=O)N2CCCN(CC)CC)c1. The second-order valence-electron chi connectivity index (χ2n) is 9.48. The molecule has 3 rings (SSSR count). The van der Waals surface area contributed by atoms with E-state index in [1.165, 1.54) is 0 Å². The van der Waals surface area contributed by atoms with Crippen LogP contribution in [0.4, 0.5) is 0 Å². The monoisotopic (exact) mass is 508 g/mol. The van der Waals surface area contributed by atoms with Gasteiger partial charge in [0.1, 0.15) is 17.3 Å². The molecule has 1 atom stereocenters. The van der Waals surface area contributed by atoms with Gasteiger partial charge in [0.15, 0.2) is 0 Å². The van der Waals surface area contributed by atoms with Gasteiger partial charge in [-0.25, -0.2) is 0 Å². The van der Waals surface area contributed by atoms with Crippen LogP contribution >= 0.6 is 0 Å². The van der Waals surface area contributed by atoms with E-state index in [4.69, 9.17) is 9.47 Å². The summed E-state index contributed by atoms with van der Waals surface area (Å²) >= 11 is 0. The van der Waals surface area contributed by atoms with Crippen LogP contribution in [-0.4, -0.2) is 65.5 Å². The summed E-state index contributed by atoms with van der Waals surface area (Å²) < 4.78 is 11.5. The van der Waals surface area contributed by atoms with Crippen LogP contribution in [0.15, 0.2) is 54.1 Å². The number of hydrogen-bond donors (Lipinski definition) is 1. The second-order valence-corrected chi connectivity index (χ2v) is 9.48. The Balaban J connectivity index is 2.02. The standard InChI is InChI=1S/C30H40N2O5/c1-6-19-36-25-12-9-11-23(20-25)27-26(28(33)22-13-15-24(16-14-22)37-21(4)5)29(34)30(35)32(27)18-10-17-31(7-2)8-3/h9,11-16,20-21,27,33H,6-8,10,17-19H2,1-5H3/b28-26+/t27-/m1/s1. The summed E-state index contributed by atoms with van der Waals surface area (Å²) in [6.07, 6.45) is 1.60. The normalized spacial score (nSPS) is 17.2. The number of likely N-dealkylation sites (tertiary alicyclic amines) is 1. The molecule has 2 aromatic carbocycles. The number of ether oxygens (including phenoxy) is 2. The number of benzene rings is 2. The van der Waals surface area contributed by atoms with Crippen molar-refractivity contribution in [2.24, 2.45) is 0 Å². The van der Waals surface area contributed by atoms with Crippen molar-refractivity contribution >= 4 is 17.4 Å². The molecular formula is C30H40N2O5. The van der Waals surface area contributed by atoms with Crippen LogP contribution < -0.4 is 9.47 Å². The van der Waals surface area contributed by atoms with Crippen LogP contribution in [0.2, 0.25) is 0 Å². The maximum Gasteiger partial charge on any atom is 0.295 e. The van der Waals surface area contributed by atoms with Crippen molar-refractivity contribution < 1.29 is 24.2 Å². The first-order valence-electron chi connectivity index (χ1n) is 13.3. The summed E-state index contributed by atoms with van der Waals surface area (Å²) in [4.78, 5) is 30.4. The van der Waals surface area contributed by atoms with Crippen molar-refractivity contribution in [3.63, 3.8) is 0 Å². The van der Waals surface area contributed by atoms with Crippen molar-refractivity contribution in [2.75, 3.05) is 32.8 Å². The molecule has 1 heterocycles. The number of rotatable bonds is 13. The third kappa shape index (κ3) is 6.92. The molecule has 1 aliphatic heterocycles. The molecule has 1 saturated heterocycles. The minimum Gasteiger partial charge on any atom is -0.507 e. The quantitative estimate of drug-likeness (QED) is 0.221. The van der Waals surface area contributed by atoms with Crippen molar-refractivity contribution in [2.45, 2.75) is 59.6 Å². The van der Waals surface area contributed by atoms with Gasteiger partial charge in [-0.2, -0.15) is 0 Å². The largest absolute Gasteiger partial charge is 0.507 e. The molecule has 0 bridgehead atoms. The Morgan fingerprint density at radius 1 is 1.03 bits per heavy atom. The molecule has 0 spiro atoms. The first kappa shape index (κ1) is 28.3. The highest BCUT2D eigenvalue weighted by Gasteiger charge is 2.45. The summed E-state index contributed by atoms with van der Waals surface area (Å²) in [5, 5.41) is 11.3. The van der Waals surface area contributed by atoms with Gasteiger partial charge < -0.3 is 24.4 Å². The zero-order valence-electron chi connectivity index (χ0n) is 22.7. The zero-order valence-corrected chi connectivity index (χ0v) is 22.7. The fourth-order valence-electron chi connectivity index (χ4n) is 4.58. The number of ketones is 1. The lowest BCUT2D eigenvalue weighted by Gasteiger charge is -2.27. The number of carbonyl (C=O) groups is 2. The van der Waals surface area contributed by atoms with Gasteiger partial charge in [0.2, 0.25) is 0 Å². The highest BCUT2D eigenvalue weighted by atomic mass is 16.5. The zero-order chi connectivity index (χ0) is 26.9. The highest BCUT2D eigenvalue weighted by molar-refractivity contribution is 6.46. The molecule has 0 aromatic heterocycles. The Labute approximate surface area is 220 Å². The van der Waals surface area contributed by atoms with Crippen molar-refractivity contribution in [3.8, 4) is 11.5 Å². The Morgan fingerprint density at radius 3 is 2.35 bits per heavy atom. The molecule has 1 amide bonds. The number of aliphatic hydroxyl groups excluding tert-OH is 1. The van der Waals surface area contributed by atoms with E-state index in [0.29, 0.717) is 30.2 Å². The fourth-order valence-corrected chi connectivity index (χ4v) is 4.58. The first-order chi connectivity index (χ1) is 17.8. The van der Waals surface area contributed by atoms with Crippen LogP contribution in [0, 0.1) is 0 Å². The number of amides is 1. The third-order valence-corrected chi connectivity index (χ3v) is 6.45. The maximum atomic E-state index is 13.3. The molecule has 200 valence electrons. The highest BCUT2D eigenvalue weighted by Crippen LogP contribution is 2.40. The van der Waals surface area contributed by atoms with Crippen molar-refractivity contribution in [1.82, 2.24) is 9.80 Å². The molecule has 0 aliphatic carbocycles. The lowest BCUT2D eigenvalue weighted by molar-refractivity contribution is -0.140. The molecule has 7 heteroatoms. The van der Waals surface area contributed by atoms with Crippen LogP contribution in [0.1, 0.15) is 64.6 Å². The minimum absolute atomic E-state index is 0.0170. The first-order valence-corrected chi connectivity index (χ1v) is 13.3. The molecular weight excluding hydrogens is 468 g/mol. The van der Waals surface area contributed by atoms with Gasteiger partial charge in [0.25, 0.3) is 11.7 Å². The van der Waals surface area contributed by atoms with Gasteiger partial charge >= 0.3 is 0 Å². The van der Waals surface area contributed by atoms with Crippen LogP contribution in [0.25, 0.3) is 5.76 Å². The molecule has 0 radical (unpaired) electrons. The predicted octanol–water partition coefficient (Wildman–Crippen LogP) is 5.42. The Hall–Kier alpha value is -3.32. The molecule has 7 nitrogen and oxygen atoms in total. The number of carbonyl (C=O) groups excluding carboxylic acids is 2. The lowest BCUT2D eigenvalue weighted by Crippen LogP contribution is -2.33. The van der Waals surface area contributed by atoms with Gasteiger partial charge in [0, 0.05) is 12.1 Å². The van der Waals surface area contributed by atoms with E-state index >= 15 is 0 Å². The van der Waals surface area contributed by atoms with E-state index < -0.39 is 17.7 Å². The molecule has 37 heavy (non-hydrogen) atoms. The second kappa shape index (κ2) is 13.3. The fraction of sp³-hybridized carbons (Fsp3) is 0.467. The molecule has 1 N–H and O–H groups in total. The number of nitrogens with zero attached hydrogens (tertiary/aromatic N) is 2. The van der Waals surface area contributed by atoms with E-state index in [0.717, 1.165) is 38.0 Å². The van der Waals surface area contributed by atoms with Gasteiger partial charge in [0.05, 0.1) is 24.3 Å². The maximum absolute atomic E-state index is 13.3. The van der Waals surface area contributed by atoms with E-state index in [9.17, 15) is 14.7 Å². The van der Waals surface area contributed by atoms with Crippen LogP contribution in [-0.2, 0) is 9.59 Å². The average Bonchev–Trinajstić information content (AvgIpc) is 3.15. The summed E-state index contributed by atoms with van der Waals surface area (Å²) in [6.45, 7) is 13.8. The Kier molecular flexibility index (Phi) is 10.1. The van der Waals surface area contributed by atoms with Gasteiger partial charge in [-0.3, -0.25) is 9.59 Å². The molecule has 0 unspecified atom stereocenters. The molecule has 0 saturated carbocycles. The Bertz CT molecular complexity index is 1090. The van der Waals surface area contributed by atoms with E-state index in [-0.39, 0.29) is 17.4 Å². The van der Waals surface area contributed by atoms with Gasteiger partial charge in [-0.1, -0.05) is 32.9 Å². The van der Waals surface area contributed by atoms with Crippen LogP contribution in [0.3, 0.4) is 0 Å². The number of aliphatic hydroxyl groups is 1. The summed E-state index contributed by atoms with van der Waals surface area (Å²) in [6, 6.07) is 13.7. The predicted molar refractivity (Wildman–Crippen MR) is 146 cm³/mol. The smallest absolute Gasteiger partial charge is 0.295 e. The molecule has 1 aliphatic rings. The molecule has 1 fully saturated rings. The third-order valence-electron chi connectivity index (χ3n) is 6.45. The topological polar surface area (TPSA) is 79.3 Å². The van der Waals surface area contributed by atoms with E-state index in [1.807, 2.05) is 45.0 Å². The Morgan fingerprint density at radius 2 is 1.73 bits per heavy atom. The summed E-state index contributed by atoms with van der Waals surface area (Å²) in [5.41, 5.74) is 1.29. The van der Waals surface area contributed by atoms with E-state index in [1.54, 1.807) is 29.2 Å². The number of Topliss-reactive ketones (excluding diaryl/α,β-unsaturated/α-hetero) is 1. The van der Waals surface area contributed by atoms with Crippen molar-refractivity contribution in [3.05, 3.63) is 65.2 Å². The van der Waals surface area contributed by atoms with Crippen molar-refractivity contribution in [1.29, 1.82) is 0 Å². The lowest BCUT2D eigenvalue weighted by atomic mass is 9.95. The summed E-state index contributed by atoms with van der Waals surface area (Å²) in [7, 11) is 0. The minimum atomic E-state index is -0.700. The number of hydrogen-bond acceptors (Lipinski definition) is 6. The van der Waals surface area contributed by atoms with Gasteiger partial charge in [-0.05, 0) is 88.3 Å². The van der Waals surface area contributed by atoms with Crippen LogP contribution in [0.5, 0.6) is 11.5 Å². The van der Waals surface area contributed by atoms with E-state index in [2.05, 4.69) is 18.7 Å². The average molecular weight is 509 g/mol. The molecule has 2 aromatic rings. The van der Waals surface area contributed by atoms with Gasteiger partial charge in [-0.15, -0.1) is 0 Å². The summed E-state index contributed by atoms with van der Waals surface area (Å²) in [5.74, 6) is -0.118.